The minimum Gasteiger partial charge on any atom is -0.356 e. The molecule has 1 aliphatic heterocycles. The van der Waals surface area contributed by atoms with Gasteiger partial charge in [0.05, 0.1) is 4.90 Å². The minimum atomic E-state index is -3.17. The molecular formula is C19H32N4O2S. The predicted octanol–water partition coefficient (Wildman–Crippen LogP) is 1.80. The van der Waals surface area contributed by atoms with Gasteiger partial charge in [-0.15, -0.1) is 0 Å². The number of hydrogen-bond donors (Lipinski definition) is 2. The summed E-state index contributed by atoms with van der Waals surface area (Å²) in [6.45, 7) is 9.13. The lowest BCUT2D eigenvalue weighted by atomic mass is 10.1. The zero-order valence-electron chi connectivity index (χ0n) is 16.4. The van der Waals surface area contributed by atoms with Crippen LogP contribution >= 0.6 is 0 Å². The van der Waals surface area contributed by atoms with E-state index in [4.69, 9.17) is 0 Å². The first-order valence-corrected chi connectivity index (χ1v) is 11.1. The lowest BCUT2D eigenvalue weighted by molar-refractivity contribution is 0.287. The Kier molecular flexibility index (Phi) is 7.46. The van der Waals surface area contributed by atoms with Crippen LogP contribution in [-0.4, -0.2) is 58.8 Å². The molecule has 0 saturated carbocycles. The molecule has 1 saturated heterocycles. The standard InChI is InChI=1S/C19H32N4O2S/c1-15(14-23-9-5-6-10-23)12-21-19(20-3)22-13-17-7-8-18(16(2)11-17)26(4,24)25/h7-8,11,15H,5-6,9-10,12-14H2,1-4H3,(H2,20,21,22). The van der Waals surface area contributed by atoms with Crippen LogP contribution in [0.3, 0.4) is 0 Å². The molecule has 2 rings (SSSR count). The summed E-state index contributed by atoms with van der Waals surface area (Å²) in [6.07, 6.45) is 3.88. The lowest BCUT2D eigenvalue weighted by Crippen LogP contribution is -2.41. The zero-order valence-corrected chi connectivity index (χ0v) is 17.2. The molecule has 0 radical (unpaired) electrons. The average Bonchev–Trinajstić information content (AvgIpc) is 3.06. The predicted molar refractivity (Wildman–Crippen MR) is 107 cm³/mol. The maximum Gasteiger partial charge on any atom is 0.191 e. The minimum absolute atomic E-state index is 0.388. The molecule has 0 aromatic heterocycles. The lowest BCUT2D eigenvalue weighted by Gasteiger charge is -2.21. The van der Waals surface area contributed by atoms with Crippen molar-refractivity contribution in [1.29, 1.82) is 0 Å². The highest BCUT2D eigenvalue weighted by atomic mass is 32.2. The SMILES string of the molecule is CN=C(NCc1ccc(S(C)(=O)=O)c(C)c1)NCC(C)CN1CCCC1. The third kappa shape index (κ3) is 6.29. The van der Waals surface area contributed by atoms with Crippen LogP contribution in [0.5, 0.6) is 0 Å². The van der Waals surface area contributed by atoms with Crippen molar-refractivity contribution >= 4 is 15.8 Å². The van der Waals surface area contributed by atoms with Gasteiger partial charge in [0.1, 0.15) is 0 Å². The molecule has 0 amide bonds. The van der Waals surface area contributed by atoms with E-state index < -0.39 is 9.84 Å². The normalized spacial score (nSPS) is 17.3. The van der Waals surface area contributed by atoms with E-state index in [1.165, 1.54) is 32.2 Å². The highest BCUT2D eigenvalue weighted by Crippen LogP contribution is 2.16. The van der Waals surface area contributed by atoms with Gasteiger partial charge in [0.25, 0.3) is 0 Å². The highest BCUT2D eigenvalue weighted by molar-refractivity contribution is 7.90. The number of guanidine groups is 1. The number of aryl methyl sites for hydroxylation is 1. The molecule has 1 aromatic rings. The van der Waals surface area contributed by atoms with Crippen molar-refractivity contribution in [3.05, 3.63) is 29.3 Å². The molecular weight excluding hydrogens is 348 g/mol. The third-order valence-corrected chi connectivity index (χ3v) is 5.97. The summed E-state index contributed by atoms with van der Waals surface area (Å²) in [5.74, 6) is 1.33. The number of nitrogens with zero attached hydrogens (tertiary/aromatic N) is 2. The second kappa shape index (κ2) is 9.37. The fraction of sp³-hybridized carbons (Fsp3) is 0.632. The van der Waals surface area contributed by atoms with Gasteiger partial charge in [-0.2, -0.15) is 0 Å². The molecule has 0 aliphatic carbocycles. The number of nitrogens with one attached hydrogen (secondary N) is 2. The van der Waals surface area contributed by atoms with Crippen LogP contribution in [-0.2, 0) is 16.4 Å². The Morgan fingerprint density at radius 1 is 1.27 bits per heavy atom. The van der Waals surface area contributed by atoms with Crippen molar-refractivity contribution in [2.75, 3.05) is 39.5 Å². The number of aliphatic imine (C=N–C) groups is 1. The van der Waals surface area contributed by atoms with Crippen molar-refractivity contribution in [2.24, 2.45) is 10.9 Å². The number of benzene rings is 1. The first kappa shape index (κ1) is 20.7. The van der Waals surface area contributed by atoms with Gasteiger partial charge >= 0.3 is 0 Å². The molecule has 1 unspecified atom stereocenters. The van der Waals surface area contributed by atoms with Crippen molar-refractivity contribution in [2.45, 2.75) is 38.1 Å². The first-order valence-electron chi connectivity index (χ1n) is 9.26. The highest BCUT2D eigenvalue weighted by Gasteiger charge is 2.15. The van der Waals surface area contributed by atoms with E-state index in [0.29, 0.717) is 17.4 Å². The Balaban J connectivity index is 1.82. The first-order chi connectivity index (χ1) is 12.3. The molecule has 1 aromatic carbocycles. The summed E-state index contributed by atoms with van der Waals surface area (Å²) in [7, 11) is -1.41. The van der Waals surface area contributed by atoms with Gasteiger partial charge in [-0.05, 0) is 56.0 Å². The van der Waals surface area contributed by atoms with Crippen LogP contribution in [0, 0.1) is 12.8 Å². The maximum atomic E-state index is 11.7. The van der Waals surface area contributed by atoms with E-state index >= 15 is 0 Å². The fourth-order valence-electron chi connectivity index (χ4n) is 3.39. The van der Waals surface area contributed by atoms with Crippen LogP contribution in [0.15, 0.2) is 28.1 Å². The van der Waals surface area contributed by atoms with E-state index in [-0.39, 0.29) is 0 Å². The van der Waals surface area contributed by atoms with E-state index in [9.17, 15) is 8.42 Å². The van der Waals surface area contributed by atoms with E-state index in [1.807, 2.05) is 19.1 Å². The van der Waals surface area contributed by atoms with Gasteiger partial charge in [-0.3, -0.25) is 4.99 Å². The average molecular weight is 381 g/mol. The van der Waals surface area contributed by atoms with Crippen molar-refractivity contribution < 1.29 is 8.42 Å². The topological polar surface area (TPSA) is 73.8 Å². The Hall–Kier alpha value is -1.60. The van der Waals surface area contributed by atoms with Crippen LogP contribution in [0.4, 0.5) is 0 Å². The Morgan fingerprint density at radius 3 is 2.54 bits per heavy atom. The molecule has 26 heavy (non-hydrogen) atoms. The molecule has 1 heterocycles. The molecule has 1 fully saturated rings. The van der Waals surface area contributed by atoms with Gasteiger partial charge < -0.3 is 15.5 Å². The quantitative estimate of drug-likeness (QED) is 0.557. The Labute approximate surface area is 158 Å². The maximum absolute atomic E-state index is 11.7. The monoisotopic (exact) mass is 380 g/mol. The van der Waals surface area contributed by atoms with Crippen LogP contribution in [0.25, 0.3) is 0 Å². The summed E-state index contributed by atoms with van der Waals surface area (Å²) in [4.78, 5) is 7.18. The van der Waals surface area contributed by atoms with Gasteiger partial charge in [0, 0.05) is 32.9 Å². The summed E-state index contributed by atoms with van der Waals surface area (Å²) >= 11 is 0. The zero-order chi connectivity index (χ0) is 19.2. The van der Waals surface area contributed by atoms with Gasteiger partial charge in [-0.25, -0.2) is 8.42 Å². The van der Waals surface area contributed by atoms with Crippen molar-refractivity contribution in [1.82, 2.24) is 15.5 Å². The van der Waals surface area contributed by atoms with Gasteiger partial charge in [-0.1, -0.05) is 19.1 Å². The molecule has 1 atom stereocenters. The van der Waals surface area contributed by atoms with Crippen LogP contribution < -0.4 is 10.6 Å². The van der Waals surface area contributed by atoms with Gasteiger partial charge in [0.15, 0.2) is 15.8 Å². The molecule has 1 aliphatic rings. The Morgan fingerprint density at radius 2 is 1.96 bits per heavy atom. The second-order valence-electron chi connectivity index (χ2n) is 7.29. The van der Waals surface area contributed by atoms with E-state index in [1.54, 1.807) is 13.1 Å². The molecule has 2 N–H and O–H groups in total. The summed E-state index contributed by atoms with van der Waals surface area (Å²) in [5.41, 5.74) is 1.80. The largest absolute Gasteiger partial charge is 0.356 e. The molecule has 146 valence electrons. The summed E-state index contributed by atoms with van der Waals surface area (Å²) < 4.78 is 23.4. The molecule has 6 nitrogen and oxygen atoms in total. The van der Waals surface area contributed by atoms with Crippen molar-refractivity contribution in [3.63, 3.8) is 0 Å². The number of likely N-dealkylation sites (tertiary alicyclic amines) is 1. The Bertz CT molecular complexity index is 725. The molecule has 0 bridgehead atoms. The molecule has 7 heteroatoms. The van der Waals surface area contributed by atoms with E-state index in [2.05, 4.69) is 27.4 Å². The van der Waals surface area contributed by atoms with Crippen LogP contribution in [0.2, 0.25) is 0 Å². The summed E-state index contributed by atoms with van der Waals surface area (Å²) in [6, 6.07) is 5.43. The molecule has 0 spiro atoms. The number of sulfone groups is 1. The van der Waals surface area contributed by atoms with Crippen molar-refractivity contribution in [3.8, 4) is 0 Å². The fourth-order valence-corrected chi connectivity index (χ4v) is 4.34. The number of hydrogen-bond acceptors (Lipinski definition) is 4. The number of rotatable bonds is 7. The third-order valence-electron chi connectivity index (χ3n) is 4.71. The van der Waals surface area contributed by atoms with E-state index in [0.717, 1.165) is 30.2 Å². The van der Waals surface area contributed by atoms with Gasteiger partial charge in [0.2, 0.25) is 0 Å². The summed E-state index contributed by atoms with van der Waals surface area (Å²) in [5, 5.41) is 6.68. The smallest absolute Gasteiger partial charge is 0.191 e. The second-order valence-corrected chi connectivity index (χ2v) is 9.28. The van der Waals surface area contributed by atoms with Crippen LogP contribution in [0.1, 0.15) is 30.9 Å².